The lowest BCUT2D eigenvalue weighted by Gasteiger charge is -2.20. The molecule has 0 aliphatic carbocycles. The van der Waals surface area contributed by atoms with Crippen molar-refractivity contribution in [3.63, 3.8) is 0 Å². The van der Waals surface area contributed by atoms with Crippen LogP contribution in [0.4, 0.5) is 15.3 Å². The highest BCUT2D eigenvalue weighted by Gasteiger charge is 2.22. The normalized spacial score (nSPS) is 10.3. The van der Waals surface area contributed by atoms with E-state index < -0.39 is 12.1 Å². The van der Waals surface area contributed by atoms with Gasteiger partial charge in [-0.15, -0.1) is 0 Å². The van der Waals surface area contributed by atoms with E-state index in [1.807, 2.05) is 36.4 Å². The molecule has 6 nitrogen and oxygen atoms in total. The zero-order valence-corrected chi connectivity index (χ0v) is 12.4. The number of carbonyl (C=O) groups is 2. The number of amides is 3. The Morgan fingerprint density at radius 2 is 1.91 bits per heavy atom. The van der Waals surface area contributed by atoms with Crippen LogP contribution in [0.15, 0.2) is 42.5 Å². The Kier molecular flexibility index (Phi) is 5.32. The van der Waals surface area contributed by atoms with Gasteiger partial charge in [0.05, 0.1) is 12.3 Å². The third kappa shape index (κ3) is 3.53. The number of hydrogen-bond donors (Lipinski definition) is 2. The van der Waals surface area contributed by atoms with Crippen LogP contribution < -0.4 is 11.1 Å². The number of nitrogens with zero attached hydrogens (tertiary/aromatic N) is 1. The van der Waals surface area contributed by atoms with E-state index in [4.69, 9.17) is 10.5 Å². The fourth-order valence-corrected chi connectivity index (χ4v) is 2.12. The average molecular weight is 301 g/mol. The van der Waals surface area contributed by atoms with E-state index in [0.29, 0.717) is 5.69 Å². The van der Waals surface area contributed by atoms with Crippen molar-refractivity contribution in [1.29, 1.82) is 0 Å². The summed E-state index contributed by atoms with van der Waals surface area (Å²) in [5.41, 5.74) is 6.09. The second-order valence-electron chi connectivity index (χ2n) is 4.60. The van der Waals surface area contributed by atoms with Crippen molar-refractivity contribution in [1.82, 2.24) is 4.90 Å². The lowest BCUT2D eigenvalue weighted by Crippen LogP contribution is -2.43. The Balaban J connectivity index is 2.23. The molecule has 0 unspecified atom stereocenters. The molecule has 0 atom stereocenters. The summed E-state index contributed by atoms with van der Waals surface area (Å²) >= 11 is 0. The predicted molar refractivity (Wildman–Crippen MR) is 85.7 cm³/mol. The van der Waals surface area contributed by atoms with Gasteiger partial charge in [0.2, 0.25) is 0 Å². The van der Waals surface area contributed by atoms with Gasteiger partial charge in [-0.05, 0) is 18.4 Å². The van der Waals surface area contributed by atoms with Crippen molar-refractivity contribution >= 4 is 28.6 Å². The summed E-state index contributed by atoms with van der Waals surface area (Å²) in [6.45, 7) is 2.14. The number of ether oxygens (including phenoxy) is 1. The van der Waals surface area contributed by atoms with Crippen LogP contribution in [-0.2, 0) is 4.74 Å². The van der Waals surface area contributed by atoms with Crippen LogP contribution in [0, 0.1) is 0 Å². The molecule has 0 spiro atoms. The van der Waals surface area contributed by atoms with Gasteiger partial charge in [-0.3, -0.25) is 0 Å². The average Bonchev–Trinajstić information content (AvgIpc) is 2.53. The lowest BCUT2D eigenvalue weighted by molar-refractivity contribution is 0.118. The van der Waals surface area contributed by atoms with Crippen LogP contribution in [0.5, 0.6) is 0 Å². The quantitative estimate of drug-likeness (QED) is 0.909. The molecule has 0 saturated heterocycles. The van der Waals surface area contributed by atoms with Gasteiger partial charge in [0.15, 0.2) is 0 Å². The second kappa shape index (κ2) is 7.42. The molecule has 0 radical (unpaired) electrons. The number of urea groups is 1. The molecular formula is C16H19N3O3. The Bertz CT molecular complexity index is 667. The zero-order valence-electron chi connectivity index (χ0n) is 12.4. The van der Waals surface area contributed by atoms with Gasteiger partial charge in [0, 0.05) is 18.5 Å². The largest absolute Gasteiger partial charge is 0.449 e. The smallest absolute Gasteiger partial charge is 0.418 e. The number of nitrogens with two attached hydrogens (primary N) is 1. The van der Waals surface area contributed by atoms with Crippen LogP contribution in [0.1, 0.15) is 6.92 Å². The van der Waals surface area contributed by atoms with Gasteiger partial charge in [0.1, 0.15) is 0 Å². The van der Waals surface area contributed by atoms with Crippen molar-refractivity contribution in [2.45, 2.75) is 6.92 Å². The van der Waals surface area contributed by atoms with E-state index in [-0.39, 0.29) is 19.7 Å². The third-order valence-electron chi connectivity index (χ3n) is 3.12. The number of benzene rings is 2. The van der Waals surface area contributed by atoms with E-state index in [1.54, 1.807) is 13.0 Å². The molecule has 0 aliphatic rings. The lowest BCUT2D eigenvalue weighted by atomic mass is 10.1. The predicted octanol–water partition coefficient (Wildman–Crippen LogP) is 2.79. The van der Waals surface area contributed by atoms with Crippen molar-refractivity contribution in [3.05, 3.63) is 42.5 Å². The third-order valence-corrected chi connectivity index (χ3v) is 3.12. The van der Waals surface area contributed by atoms with Crippen LogP contribution in [-0.4, -0.2) is 36.7 Å². The van der Waals surface area contributed by atoms with Crippen molar-refractivity contribution < 1.29 is 14.3 Å². The first kappa shape index (κ1) is 15.8. The maximum absolute atomic E-state index is 12.3. The molecule has 0 aromatic heterocycles. The molecule has 0 fully saturated rings. The molecule has 0 bridgehead atoms. The van der Waals surface area contributed by atoms with Gasteiger partial charge in [-0.2, -0.15) is 0 Å². The molecule has 116 valence electrons. The van der Waals surface area contributed by atoms with E-state index in [2.05, 4.69) is 5.32 Å². The van der Waals surface area contributed by atoms with Crippen molar-refractivity contribution in [2.24, 2.45) is 5.73 Å². The van der Waals surface area contributed by atoms with Crippen LogP contribution in [0.3, 0.4) is 0 Å². The number of carbonyl (C=O) groups excluding carboxylic acids is 2. The number of hydrogen-bond acceptors (Lipinski definition) is 4. The van der Waals surface area contributed by atoms with Gasteiger partial charge >= 0.3 is 12.1 Å². The summed E-state index contributed by atoms with van der Waals surface area (Å²) in [4.78, 5) is 25.1. The summed E-state index contributed by atoms with van der Waals surface area (Å²) in [5, 5.41) is 4.64. The standard InChI is InChI=1S/C16H19N3O3/c1-2-22-16(21)19(11-10-17)15(20)18-14-9-5-7-12-6-3-4-8-13(12)14/h3-9H,2,10-11,17H2,1H3,(H,18,20). The maximum atomic E-state index is 12.3. The van der Waals surface area contributed by atoms with E-state index in [9.17, 15) is 9.59 Å². The minimum Gasteiger partial charge on any atom is -0.449 e. The minimum absolute atomic E-state index is 0.0927. The summed E-state index contributed by atoms with van der Waals surface area (Å²) < 4.78 is 4.87. The number of anilines is 1. The van der Waals surface area contributed by atoms with Gasteiger partial charge in [0.25, 0.3) is 0 Å². The molecule has 0 aliphatic heterocycles. The zero-order chi connectivity index (χ0) is 15.9. The summed E-state index contributed by atoms with van der Waals surface area (Å²) in [6.07, 6.45) is -0.703. The molecule has 3 amide bonds. The topological polar surface area (TPSA) is 84.7 Å². The number of imide groups is 1. The Hall–Kier alpha value is -2.60. The highest BCUT2D eigenvalue weighted by atomic mass is 16.6. The SMILES string of the molecule is CCOC(=O)N(CCN)C(=O)Nc1cccc2ccccc12. The summed E-state index contributed by atoms with van der Waals surface area (Å²) in [7, 11) is 0. The molecule has 22 heavy (non-hydrogen) atoms. The van der Waals surface area contributed by atoms with E-state index in [0.717, 1.165) is 15.7 Å². The first-order chi connectivity index (χ1) is 10.7. The Labute approximate surface area is 128 Å². The molecule has 0 saturated carbocycles. The van der Waals surface area contributed by atoms with Gasteiger partial charge in [-0.1, -0.05) is 36.4 Å². The highest BCUT2D eigenvalue weighted by Crippen LogP contribution is 2.23. The summed E-state index contributed by atoms with van der Waals surface area (Å²) in [6, 6.07) is 12.7. The van der Waals surface area contributed by atoms with Gasteiger partial charge in [-0.25, -0.2) is 14.5 Å². The Morgan fingerprint density at radius 3 is 2.64 bits per heavy atom. The van der Waals surface area contributed by atoms with Gasteiger partial charge < -0.3 is 15.8 Å². The molecule has 2 aromatic carbocycles. The number of rotatable bonds is 4. The van der Waals surface area contributed by atoms with Crippen LogP contribution in [0.25, 0.3) is 10.8 Å². The number of fused-ring (bicyclic) bond motifs is 1. The second-order valence-corrected chi connectivity index (χ2v) is 4.60. The molecule has 3 N–H and O–H groups in total. The highest BCUT2D eigenvalue weighted by molar-refractivity contribution is 6.05. The first-order valence-corrected chi connectivity index (χ1v) is 7.10. The van der Waals surface area contributed by atoms with Crippen molar-refractivity contribution in [3.8, 4) is 0 Å². The Morgan fingerprint density at radius 1 is 1.18 bits per heavy atom. The van der Waals surface area contributed by atoms with E-state index >= 15 is 0 Å². The summed E-state index contributed by atoms with van der Waals surface area (Å²) in [5.74, 6) is 0. The molecule has 2 aromatic rings. The van der Waals surface area contributed by atoms with Crippen molar-refractivity contribution in [2.75, 3.05) is 25.0 Å². The fraction of sp³-hybridized carbons (Fsp3) is 0.250. The monoisotopic (exact) mass is 301 g/mol. The molecular weight excluding hydrogens is 282 g/mol. The number of nitrogens with one attached hydrogen (secondary N) is 1. The van der Waals surface area contributed by atoms with Crippen LogP contribution in [0.2, 0.25) is 0 Å². The molecule has 0 heterocycles. The molecule has 2 rings (SSSR count). The first-order valence-electron chi connectivity index (χ1n) is 7.10. The van der Waals surface area contributed by atoms with E-state index in [1.165, 1.54) is 0 Å². The fourth-order valence-electron chi connectivity index (χ4n) is 2.12. The minimum atomic E-state index is -0.703. The van der Waals surface area contributed by atoms with Crippen LogP contribution >= 0.6 is 0 Å². The molecule has 6 heteroatoms. The maximum Gasteiger partial charge on any atom is 0.418 e.